The number of carbonyl (C=O) groups is 2. The molecule has 7 nitrogen and oxygen atoms in total. The lowest BCUT2D eigenvalue weighted by Crippen LogP contribution is -2.47. The third-order valence-electron chi connectivity index (χ3n) is 4.15. The molecule has 0 radical (unpaired) electrons. The molecule has 0 aliphatic rings. The van der Waals surface area contributed by atoms with Gasteiger partial charge in [0, 0.05) is 17.6 Å². The normalized spacial score (nSPS) is 11.8. The fourth-order valence-electron chi connectivity index (χ4n) is 2.68. The summed E-state index contributed by atoms with van der Waals surface area (Å²) in [5.74, 6) is -1.21. The lowest BCUT2D eigenvalue weighted by molar-refractivity contribution is -0.128. The largest absolute Gasteiger partial charge is 0.481 e. The quantitative estimate of drug-likeness (QED) is 0.594. The number of ether oxygens (including phenoxy) is 2. The van der Waals surface area contributed by atoms with Gasteiger partial charge in [0.1, 0.15) is 17.1 Å². The molecular formula is C21H21FN2O5. The van der Waals surface area contributed by atoms with Gasteiger partial charge in [0.15, 0.2) is 11.9 Å². The van der Waals surface area contributed by atoms with Gasteiger partial charge in [-0.05, 0) is 44.2 Å². The van der Waals surface area contributed by atoms with Crippen LogP contribution in [0, 0.1) is 5.82 Å². The number of hydrogen-bond acceptors (Lipinski definition) is 5. The second-order valence-corrected chi connectivity index (χ2v) is 6.20. The van der Waals surface area contributed by atoms with Crippen LogP contribution < -0.4 is 15.6 Å². The maximum absolute atomic E-state index is 12.9. The minimum atomic E-state index is -0.917. The summed E-state index contributed by atoms with van der Waals surface area (Å²) in [6, 6.07) is 12.5. The average Bonchev–Trinajstić information content (AvgIpc) is 3.10. The molecule has 0 spiro atoms. The van der Waals surface area contributed by atoms with E-state index in [1.807, 2.05) is 19.1 Å². The number of hydrogen-bond donors (Lipinski definition) is 2. The molecule has 0 saturated heterocycles. The Kier molecular flexibility index (Phi) is 6.46. The van der Waals surface area contributed by atoms with Gasteiger partial charge in [-0.25, -0.2) is 4.39 Å². The standard InChI is InChI=1S/C21H21FN2O5/c1-3-27-12-17-16-6-4-5-7-18(16)29-19(17)21(26)24-23-20(25)13(2)28-15-10-8-14(22)9-11-15/h4-11,13H,3,12H2,1-2H3,(H,23,25)(H,24,26)/t13-/m1/s1. The maximum atomic E-state index is 12.9. The highest BCUT2D eigenvalue weighted by atomic mass is 19.1. The van der Waals surface area contributed by atoms with Crippen LogP contribution in [-0.2, 0) is 16.1 Å². The zero-order valence-corrected chi connectivity index (χ0v) is 16.0. The monoisotopic (exact) mass is 400 g/mol. The van der Waals surface area contributed by atoms with E-state index in [0.29, 0.717) is 23.5 Å². The van der Waals surface area contributed by atoms with Crippen molar-refractivity contribution in [1.29, 1.82) is 0 Å². The van der Waals surface area contributed by atoms with Crippen LogP contribution in [0.4, 0.5) is 4.39 Å². The SMILES string of the molecule is CCOCc1c(C(=O)NNC(=O)[C@@H](C)Oc2ccc(F)cc2)oc2ccccc12. The highest BCUT2D eigenvalue weighted by Crippen LogP contribution is 2.26. The molecular weight excluding hydrogens is 379 g/mol. The molecule has 8 heteroatoms. The first kappa shape index (κ1) is 20.3. The molecule has 2 N–H and O–H groups in total. The summed E-state index contributed by atoms with van der Waals surface area (Å²) in [4.78, 5) is 24.8. The minimum Gasteiger partial charge on any atom is -0.481 e. The number of carbonyl (C=O) groups excluding carboxylic acids is 2. The topological polar surface area (TPSA) is 89.8 Å². The minimum absolute atomic E-state index is 0.0621. The predicted molar refractivity (Wildman–Crippen MR) is 104 cm³/mol. The van der Waals surface area contributed by atoms with E-state index in [-0.39, 0.29) is 12.4 Å². The summed E-state index contributed by atoms with van der Waals surface area (Å²) in [6.07, 6.45) is -0.917. The first-order valence-electron chi connectivity index (χ1n) is 9.10. The summed E-state index contributed by atoms with van der Waals surface area (Å²) in [6.45, 7) is 4.04. The molecule has 0 aliphatic heterocycles. The number of benzene rings is 2. The Balaban J connectivity index is 1.65. The highest BCUT2D eigenvalue weighted by molar-refractivity contribution is 5.99. The fraction of sp³-hybridized carbons (Fsp3) is 0.238. The number of rotatable bonds is 7. The zero-order chi connectivity index (χ0) is 20.8. The smallest absolute Gasteiger partial charge is 0.305 e. The van der Waals surface area contributed by atoms with Crippen molar-refractivity contribution in [3.05, 3.63) is 65.7 Å². The molecule has 0 unspecified atom stereocenters. The van der Waals surface area contributed by atoms with Gasteiger partial charge in [-0.15, -0.1) is 0 Å². The Morgan fingerprint density at radius 1 is 1.10 bits per heavy atom. The molecule has 3 aromatic rings. The van der Waals surface area contributed by atoms with Crippen LogP contribution in [0.15, 0.2) is 52.9 Å². The van der Waals surface area contributed by atoms with E-state index in [1.165, 1.54) is 31.2 Å². The predicted octanol–water partition coefficient (Wildman–Crippen LogP) is 3.34. The van der Waals surface area contributed by atoms with Crippen LogP contribution in [0.3, 0.4) is 0 Å². The number of halogens is 1. The van der Waals surface area contributed by atoms with Crippen LogP contribution in [0.2, 0.25) is 0 Å². The third kappa shape index (κ3) is 4.91. The Hall–Kier alpha value is -3.39. The summed E-state index contributed by atoms with van der Waals surface area (Å²) in [5.41, 5.74) is 5.78. The second kappa shape index (κ2) is 9.20. The summed E-state index contributed by atoms with van der Waals surface area (Å²) in [5, 5.41) is 0.769. The average molecular weight is 400 g/mol. The van der Waals surface area contributed by atoms with Crippen LogP contribution in [0.25, 0.3) is 11.0 Å². The number of amides is 2. The van der Waals surface area contributed by atoms with Crippen LogP contribution in [0.5, 0.6) is 5.75 Å². The second-order valence-electron chi connectivity index (χ2n) is 6.20. The number of para-hydroxylation sites is 1. The van der Waals surface area contributed by atoms with Crippen molar-refractivity contribution in [2.75, 3.05) is 6.61 Å². The number of nitrogens with one attached hydrogen (secondary N) is 2. The van der Waals surface area contributed by atoms with Crippen molar-refractivity contribution in [2.24, 2.45) is 0 Å². The summed E-state index contributed by atoms with van der Waals surface area (Å²) >= 11 is 0. The molecule has 1 heterocycles. The molecule has 2 aromatic carbocycles. The van der Waals surface area contributed by atoms with E-state index in [2.05, 4.69) is 10.9 Å². The first-order chi connectivity index (χ1) is 14.0. The van der Waals surface area contributed by atoms with E-state index < -0.39 is 23.7 Å². The van der Waals surface area contributed by atoms with Gasteiger partial charge in [-0.2, -0.15) is 0 Å². The molecule has 1 atom stereocenters. The number of furan rings is 1. The lowest BCUT2D eigenvalue weighted by atomic mass is 10.1. The Morgan fingerprint density at radius 2 is 1.83 bits per heavy atom. The van der Waals surface area contributed by atoms with Gasteiger partial charge in [-0.1, -0.05) is 18.2 Å². The van der Waals surface area contributed by atoms with Crippen molar-refractivity contribution in [3.63, 3.8) is 0 Å². The van der Waals surface area contributed by atoms with Crippen molar-refractivity contribution < 1.29 is 27.9 Å². The van der Waals surface area contributed by atoms with Crippen LogP contribution >= 0.6 is 0 Å². The van der Waals surface area contributed by atoms with Gasteiger partial charge < -0.3 is 13.9 Å². The molecule has 0 saturated carbocycles. The van der Waals surface area contributed by atoms with Gasteiger partial charge in [0.05, 0.1) is 6.61 Å². The molecule has 0 fully saturated rings. The Bertz CT molecular complexity index is 1000. The number of fused-ring (bicyclic) bond motifs is 1. The van der Waals surface area contributed by atoms with Gasteiger partial charge >= 0.3 is 5.91 Å². The van der Waals surface area contributed by atoms with E-state index in [1.54, 1.807) is 12.1 Å². The van der Waals surface area contributed by atoms with E-state index in [0.717, 1.165) is 5.39 Å². The maximum Gasteiger partial charge on any atom is 0.305 e. The van der Waals surface area contributed by atoms with E-state index >= 15 is 0 Å². The Labute approximate surface area is 166 Å². The Morgan fingerprint density at radius 3 is 2.55 bits per heavy atom. The van der Waals surface area contributed by atoms with E-state index in [9.17, 15) is 14.0 Å². The lowest BCUT2D eigenvalue weighted by Gasteiger charge is -2.15. The molecule has 29 heavy (non-hydrogen) atoms. The van der Waals surface area contributed by atoms with Crippen molar-refractivity contribution in [3.8, 4) is 5.75 Å². The van der Waals surface area contributed by atoms with Gasteiger partial charge in [0.2, 0.25) is 0 Å². The van der Waals surface area contributed by atoms with Crippen molar-refractivity contribution >= 4 is 22.8 Å². The molecule has 0 bridgehead atoms. The van der Waals surface area contributed by atoms with Gasteiger partial charge in [-0.3, -0.25) is 20.4 Å². The molecule has 152 valence electrons. The number of hydrazine groups is 1. The molecule has 1 aromatic heterocycles. The van der Waals surface area contributed by atoms with Crippen molar-refractivity contribution in [1.82, 2.24) is 10.9 Å². The van der Waals surface area contributed by atoms with Crippen LogP contribution in [0.1, 0.15) is 30.0 Å². The van der Waals surface area contributed by atoms with Crippen molar-refractivity contribution in [2.45, 2.75) is 26.6 Å². The van der Waals surface area contributed by atoms with Crippen LogP contribution in [-0.4, -0.2) is 24.5 Å². The molecule has 2 amide bonds. The van der Waals surface area contributed by atoms with E-state index in [4.69, 9.17) is 13.9 Å². The molecule has 3 rings (SSSR count). The summed E-state index contributed by atoms with van der Waals surface area (Å²) in [7, 11) is 0. The highest BCUT2D eigenvalue weighted by Gasteiger charge is 2.22. The first-order valence-corrected chi connectivity index (χ1v) is 9.10. The zero-order valence-electron chi connectivity index (χ0n) is 16.0. The third-order valence-corrected chi connectivity index (χ3v) is 4.15. The van der Waals surface area contributed by atoms with Gasteiger partial charge in [0.25, 0.3) is 5.91 Å². The summed E-state index contributed by atoms with van der Waals surface area (Å²) < 4.78 is 29.5. The molecule has 0 aliphatic carbocycles. The fourth-order valence-corrected chi connectivity index (χ4v) is 2.68.